The Morgan fingerprint density at radius 2 is 1.61 bits per heavy atom. The first-order chi connectivity index (χ1) is 21.2. The summed E-state index contributed by atoms with van der Waals surface area (Å²) in [4.78, 5) is 23.4. The fourth-order valence-corrected chi connectivity index (χ4v) is 11.5. The van der Waals surface area contributed by atoms with Crippen molar-refractivity contribution in [3.63, 3.8) is 0 Å². The van der Waals surface area contributed by atoms with Crippen LogP contribution in [0.2, 0.25) is 10.1 Å². The fourth-order valence-electron chi connectivity index (χ4n) is 6.45. The molecule has 0 spiro atoms. The highest BCUT2D eigenvalue weighted by molar-refractivity contribution is 6.99. The van der Waals surface area contributed by atoms with E-state index in [-0.39, 0.29) is 16.4 Å². The van der Waals surface area contributed by atoms with Gasteiger partial charge in [-0.05, 0) is 46.8 Å². The van der Waals surface area contributed by atoms with E-state index in [1.807, 2.05) is 31.2 Å². The van der Waals surface area contributed by atoms with Gasteiger partial charge in [0.25, 0.3) is 19.8 Å². The van der Waals surface area contributed by atoms with Crippen molar-refractivity contribution in [2.75, 3.05) is 0 Å². The average molecular weight is 624 g/mol. The predicted molar refractivity (Wildman–Crippen MR) is 175 cm³/mol. The molecular formula is C34H34ClN5O3Si. The highest BCUT2D eigenvalue weighted by Gasteiger charge is 2.61. The van der Waals surface area contributed by atoms with Gasteiger partial charge in [-0.1, -0.05) is 111 Å². The molecule has 0 aliphatic heterocycles. The Morgan fingerprint density at radius 1 is 0.955 bits per heavy atom. The third-order valence-electron chi connectivity index (χ3n) is 8.65. The van der Waals surface area contributed by atoms with E-state index in [9.17, 15) is 4.79 Å². The molecule has 0 radical (unpaired) electrons. The molecule has 1 aliphatic rings. The Balaban J connectivity index is 1.36. The minimum absolute atomic E-state index is 0.198. The van der Waals surface area contributed by atoms with E-state index >= 15 is 0 Å². The number of aromatic nitrogens is 5. The van der Waals surface area contributed by atoms with Crippen LogP contribution in [-0.4, -0.2) is 32.4 Å². The predicted octanol–water partition coefficient (Wildman–Crippen LogP) is 6.33. The number of hydrogen-bond donors (Lipinski definition) is 0. The maximum absolute atomic E-state index is 13.9. The van der Waals surface area contributed by atoms with Crippen molar-refractivity contribution < 1.29 is 8.95 Å². The quantitative estimate of drug-likeness (QED) is 0.184. The number of fused-ring (bicyclic) bond motifs is 3. The molecule has 0 bridgehead atoms. The number of halogens is 1. The van der Waals surface area contributed by atoms with Crippen molar-refractivity contribution in [1.29, 1.82) is 0 Å². The van der Waals surface area contributed by atoms with E-state index in [4.69, 9.17) is 25.5 Å². The molecule has 10 heteroatoms. The van der Waals surface area contributed by atoms with Crippen LogP contribution in [0.5, 0.6) is 0 Å². The standard InChI is InChI=1S/C34H34ClN5O3Si/c1-5-21-39-28-25(35)17-12-18-26(28)40-22-36-27(29(40)31(39)41)30-37-32(42-38-30)34(19-20-34)43-44(33(2,3)4,23-13-8-6-9-14-23)24-15-10-7-11-16-24/h6-18,22H,5,19-21H2,1-4H3. The van der Waals surface area contributed by atoms with E-state index in [0.717, 1.165) is 24.8 Å². The Bertz CT molecular complexity index is 2000. The highest BCUT2D eigenvalue weighted by Crippen LogP contribution is 2.53. The maximum atomic E-state index is 13.9. The van der Waals surface area contributed by atoms with Gasteiger partial charge in [-0.25, -0.2) is 4.98 Å². The van der Waals surface area contributed by atoms with E-state index < -0.39 is 13.9 Å². The number of hydrogen-bond acceptors (Lipinski definition) is 6. The maximum Gasteiger partial charge on any atom is 0.277 e. The first-order valence-corrected chi connectivity index (χ1v) is 17.3. The van der Waals surface area contributed by atoms with Crippen molar-refractivity contribution in [1.82, 2.24) is 24.1 Å². The molecule has 6 aromatic rings. The second-order valence-electron chi connectivity index (χ2n) is 12.6. The van der Waals surface area contributed by atoms with Crippen molar-refractivity contribution in [2.24, 2.45) is 0 Å². The summed E-state index contributed by atoms with van der Waals surface area (Å²) in [5.74, 6) is 0.681. The number of para-hydroxylation sites is 1. The van der Waals surface area contributed by atoms with Gasteiger partial charge in [0.05, 0.1) is 16.1 Å². The van der Waals surface area contributed by atoms with Crippen LogP contribution in [0.3, 0.4) is 0 Å². The molecule has 3 heterocycles. The summed E-state index contributed by atoms with van der Waals surface area (Å²) in [6, 6.07) is 26.7. The van der Waals surface area contributed by atoms with Gasteiger partial charge in [-0.15, -0.1) is 0 Å². The molecule has 0 saturated heterocycles. The molecule has 44 heavy (non-hydrogen) atoms. The lowest BCUT2D eigenvalue weighted by molar-refractivity contribution is 0.122. The minimum Gasteiger partial charge on any atom is -0.393 e. The smallest absolute Gasteiger partial charge is 0.277 e. The van der Waals surface area contributed by atoms with Crippen LogP contribution in [0.15, 0.2) is 94.5 Å². The molecular weight excluding hydrogens is 590 g/mol. The number of rotatable bonds is 8. The van der Waals surface area contributed by atoms with Crippen molar-refractivity contribution in [3.8, 4) is 11.5 Å². The molecule has 0 atom stereocenters. The number of nitrogens with zero attached hydrogens (tertiary/aromatic N) is 5. The monoisotopic (exact) mass is 623 g/mol. The third-order valence-corrected chi connectivity index (χ3v) is 14.1. The van der Waals surface area contributed by atoms with Crippen LogP contribution in [-0.2, 0) is 16.6 Å². The summed E-state index contributed by atoms with van der Waals surface area (Å²) in [7, 11) is -2.88. The summed E-state index contributed by atoms with van der Waals surface area (Å²) in [5, 5.41) is 7.05. The van der Waals surface area contributed by atoms with Gasteiger partial charge in [0, 0.05) is 6.54 Å². The topological polar surface area (TPSA) is 87.5 Å². The van der Waals surface area contributed by atoms with Gasteiger partial charge < -0.3 is 13.5 Å². The van der Waals surface area contributed by atoms with Gasteiger partial charge >= 0.3 is 0 Å². The van der Waals surface area contributed by atoms with Crippen LogP contribution in [0.1, 0.15) is 52.8 Å². The number of imidazole rings is 1. The third kappa shape index (κ3) is 4.36. The van der Waals surface area contributed by atoms with E-state index in [2.05, 4.69) is 79.4 Å². The summed E-state index contributed by atoms with van der Waals surface area (Å²) in [6.45, 7) is 9.31. The summed E-state index contributed by atoms with van der Waals surface area (Å²) < 4.78 is 16.9. The molecule has 1 aliphatic carbocycles. The first-order valence-electron chi connectivity index (χ1n) is 15.0. The lowest BCUT2D eigenvalue weighted by Crippen LogP contribution is -2.67. The summed E-state index contributed by atoms with van der Waals surface area (Å²) >= 11 is 6.58. The zero-order valence-corrected chi connectivity index (χ0v) is 27.0. The van der Waals surface area contributed by atoms with Crippen molar-refractivity contribution in [2.45, 2.75) is 64.1 Å². The second kappa shape index (κ2) is 10.5. The van der Waals surface area contributed by atoms with E-state index in [1.165, 1.54) is 10.4 Å². The minimum atomic E-state index is -2.88. The summed E-state index contributed by atoms with van der Waals surface area (Å²) in [5.41, 5.74) is 1.31. The molecule has 3 aromatic heterocycles. The normalized spacial score (nSPS) is 14.8. The van der Waals surface area contributed by atoms with E-state index in [0.29, 0.717) is 34.2 Å². The molecule has 7 rings (SSSR count). The number of aryl methyl sites for hydroxylation is 1. The van der Waals surface area contributed by atoms with Crippen LogP contribution >= 0.6 is 11.6 Å². The molecule has 3 aromatic carbocycles. The Labute approximate surface area is 261 Å². The summed E-state index contributed by atoms with van der Waals surface area (Å²) in [6.07, 6.45) is 3.92. The van der Waals surface area contributed by atoms with Crippen LogP contribution < -0.4 is 15.9 Å². The Kier molecular flexibility index (Phi) is 6.88. The largest absolute Gasteiger partial charge is 0.393 e. The molecule has 0 N–H and O–H groups in total. The van der Waals surface area contributed by atoms with E-state index in [1.54, 1.807) is 21.4 Å². The lowest BCUT2D eigenvalue weighted by Gasteiger charge is -2.44. The lowest BCUT2D eigenvalue weighted by atomic mass is 10.2. The van der Waals surface area contributed by atoms with Gasteiger partial charge in [0.1, 0.15) is 23.1 Å². The highest BCUT2D eigenvalue weighted by atomic mass is 35.5. The van der Waals surface area contributed by atoms with Crippen LogP contribution in [0.4, 0.5) is 0 Å². The molecule has 0 amide bonds. The fraction of sp³-hybridized carbons (Fsp3) is 0.294. The second-order valence-corrected chi connectivity index (χ2v) is 17.2. The van der Waals surface area contributed by atoms with Gasteiger partial charge in [0.15, 0.2) is 0 Å². The number of benzene rings is 3. The average Bonchev–Trinajstić information content (AvgIpc) is 3.40. The molecule has 0 unspecified atom stereocenters. The zero-order valence-electron chi connectivity index (χ0n) is 25.3. The zero-order chi connectivity index (χ0) is 30.7. The van der Waals surface area contributed by atoms with Crippen molar-refractivity contribution >= 4 is 46.8 Å². The van der Waals surface area contributed by atoms with Gasteiger partial charge in [0.2, 0.25) is 5.82 Å². The first kappa shape index (κ1) is 28.7. The van der Waals surface area contributed by atoms with Crippen LogP contribution in [0.25, 0.3) is 28.1 Å². The SMILES string of the molecule is CCCn1c(=O)c2c(-c3noc(C4(O[Si](c5ccccc5)(c5ccccc5)C(C)(C)C)CC4)n3)ncn2c2cccc(Cl)c21. The Morgan fingerprint density at radius 3 is 2.20 bits per heavy atom. The molecule has 1 fully saturated rings. The molecule has 224 valence electrons. The van der Waals surface area contributed by atoms with Crippen molar-refractivity contribution in [3.05, 3.63) is 106 Å². The van der Waals surface area contributed by atoms with Gasteiger partial charge in [-0.2, -0.15) is 4.98 Å². The van der Waals surface area contributed by atoms with Crippen LogP contribution in [0, 0.1) is 0 Å². The van der Waals surface area contributed by atoms with Gasteiger partial charge in [-0.3, -0.25) is 9.20 Å². The molecule has 1 saturated carbocycles. The molecule has 8 nitrogen and oxygen atoms in total. The Hall–Kier alpha value is -4.05.